The molecule has 2 N–H and O–H groups in total. The number of ether oxygens (including phenoxy) is 1. The third kappa shape index (κ3) is 5.66. The van der Waals surface area contributed by atoms with Gasteiger partial charge in [0.05, 0.1) is 7.11 Å². The summed E-state index contributed by atoms with van der Waals surface area (Å²) in [5, 5.41) is 7.02. The summed E-state index contributed by atoms with van der Waals surface area (Å²) in [5.41, 5.74) is 2.60. The van der Waals surface area contributed by atoms with E-state index in [4.69, 9.17) is 4.74 Å². The normalized spacial score (nSPS) is 17.3. The van der Waals surface area contributed by atoms with Gasteiger partial charge in [-0.2, -0.15) is 0 Å². The molecule has 1 aliphatic heterocycles. The molecule has 1 atom stereocenters. The average molecular weight is 395 g/mol. The maximum atomic E-state index is 5.36. The zero-order valence-corrected chi connectivity index (χ0v) is 18.1. The molecule has 29 heavy (non-hydrogen) atoms. The molecule has 0 aliphatic carbocycles. The Morgan fingerprint density at radius 2 is 1.93 bits per heavy atom. The van der Waals surface area contributed by atoms with Crippen LogP contribution in [0.4, 0.5) is 5.69 Å². The average Bonchev–Trinajstić information content (AvgIpc) is 3.23. The number of nitrogens with zero attached hydrogens (tertiary/aromatic N) is 2. The zero-order chi connectivity index (χ0) is 20.7. The number of rotatable bonds is 7. The summed E-state index contributed by atoms with van der Waals surface area (Å²) in [5.74, 6) is 2.38. The van der Waals surface area contributed by atoms with Crippen LogP contribution in [-0.4, -0.2) is 46.3 Å². The van der Waals surface area contributed by atoms with E-state index in [1.807, 2.05) is 13.1 Å². The van der Waals surface area contributed by atoms with E-state index in [0.29, 0.717) is 5.92 Å². The number of hydrogen-bond acceptors (Lipinski definition) is 3. The summed E-state index contributed by atoms with van der Waals surface area (Å²) < 4.78 is 5.36. The first-order chi connectivity index (χ1) is 14.0. The second-order valence-electron chi connectivity index (χ2n) is 8.36. The number of anilines is 1. The highest BCUT2D eigenvalue weighted by Gasteiger charge is 2.24. The Balaban J connectivity index is 1.47. The van der Waals surface area contributed by atoms with Crippen molar-refractivity contribution in [1.82, 2.24) is 10.6 Å². The van der Waals surface area contributed by atoms with Gasteiger partial charge in [-0.05, 0) is 30.0 Å². The first-order valence-corrected chi connectivity index (χ1v) is 10.4. The lowest BCUT2D eigenvalue weighted by Gasteiger charge is -2.27. The molecule has 2 aromatic rings. The van der Waals surface area contributed by atoms with Crippen molar-refractivity contribution < 1.29 is 4.74 Å². The Kier molecular flexibility index (Phi) is 7.02. The minimum absolute atomic E-state index is 0.0371. The van der Waals surface area contributed by atoms with Crippen LogP contribution in [0.1, 0.15) is 25.8 Å². The van der Waals surface area contributed by atoms with Crippen LogP contribution in [0.5, 0.6) is 5.75 Å². The molecule has 1 fully saturated rings. The van der Waals surface area contributed by atoms with Crippen molar-refractivity contribution in [2.45, 2.75) is 25.7 Å². The zero-order valence-electron chi connectivity index (χ0n) is 18.1. The second kappa shape index (κ2) is 9.68. The van der Waals surface area contributed by atoms with Gasteiger partial charge in [0.25, 0.3) is 0 Å². The number of methoxy groups -OCH3 is 1. The summed E-state index contributed by atoms with van der Waals surface area (Å²) in [6.07, 6.45) is 1.18. The lowest BCUT2D eigenvalue weighted by atomic mass is 9.85. The molecule has 0 aromatic heterocycles. The van der Waals surface area contributed by atoms with Gasteiger partial charge in [0.15, 0.2) is 5.96 Å². The second-order valence-corrected chi connectivity index (χ2v) is 8.36. The Morgan fingerprint density at radius 3 is 2.66 bits per heavy atom. The molecule has 2 aromatic carbocycles. The van der Waals surface area contributed by atoms with E-state index in [1.165, 1.54) is 17.7 Å². The van der Waals surface area contributed by atoms with Crippen LogP contribution in [0.25, 0.3) is 0 Å². The van der Waals surface area contributed by atoms with Gasteiger partial charge < -0.3 is 20.3 Å². The van der Waals surface area contributed by atoms with E-state index in [0.717, 1.165) is 37.9 Å². The summed E-state index contributed by atoms with van der Waals surface area (Å²) >= 11 is 0. The third-order valence-electron chi connectivity index (χ3n) is 5.74. The molecular weight excluding hydrogens is 360 g/mol. The number of hydrogen-bond donors (Lipinski definition) is 2. The van der Waals surface area contributed by atoms with Crippen molar-refractivity contribution in [1.29, 1.82) is 0 Å². The van der Waals surface area contributed by atoms with Gasteiger partial charge in [0.1, 0.15) is 5.75 Å². The van der Waals surface area contributed by atoms with Crippen LogP contribution in [0, 0.1) is 5.92 Å². The molecule has 0 saturated carbocycles. The third-order valence-corrected chi connectivity index (χ3v) is 5.74. The molecular formula is C24H34N4O. The minimum atomic E-state index is 0.0371. The highest BCUT2D eigenvalue weighted by molar-refractivity contribution is 5.79. The fourth-order valence-corrected chi connectivity index (χ4v) is 3.80. The Morgan fingerprint density at radius 1 is 1.14 bits per heavy atom. The van der Waals surface area contributed by atoms with Gasteiger partial charge in [0.2, 0.25) is 0 Å². The van der Waals surface area contributed by atoms with Gasteiger partial charge in [-0.1, -0.05) is 50.2 Å². The lowest BCUT2D eigenvalue weighted by molar-refractivity contribution is 0.415. The summed E-state index contributed by atoms with van der Waals surface area (Å²) in [6, 6.07) is 18.9. The summed E-state index contributed by atoms with van der Waals surface area (Å²) in [4.78, 5) is 6.84. The van der Waals surface area contributed by atoms with Crippen LogP contribution >= 0.6 is 0 Å². The standard InChI is InChI=1S/C24H34N4O/c1-24(2,20-9-6-5-7-10-20)18-27-23(25-3)26-16-19-13-14-28(17-19)21-11-8-12-22(15-21)29-4/h5-12,15,19H,13-14,16-18H2,1-4H3,(H2,25,26,27). The Bertz CT molecular complexity index is 804. The van der Waals surface area contributed by atoms with E-state index in [2.05, 4.69) is 82.9 Å². The molecule has 1 unspecified atom stereocenters. The van der Waals surface area contributed by atoms with Crippen molar-refractivity contribution in [2.24, 2.45) is 10.9 Å². The highest BCUT2D eigenvalue weighted by atomic mass is 16.5. The van der Waals surface area contributed by atoms with E-state index < -0.39 is 0 Å². The van der Waals surface area contributed by atoms with E-state index in [1.54, 1.807) is 7.11 Å². The first-order valence-electron chi connectivity index (χ1n) is 10.4. The fourth-order valence-electron chi connectivity index (χ4n) is 3.80. The Hall–Kier alpha value is -2.69. The molecule has 0 amide bonds. The number of benzene rings is 2. The monoisotopic (exact) mass is 394 g/mol. The SMILES string of the molecule is CN=C(NCC1CCN(c2cccc(OC)c2)C1)NCC(C)(C)c1ccccc1. The van der Waals surface area contributed by atoms with Gasteiger partial charge in [-0.15, -0.1) is 0 Å². The predicted molar refractivity (Wildman–Crippen MR) is 122 cm³/mol. The number of guanidine groups is 1. The van der Waals surface area contributed by atoms with Crippen LogP contribution in [0.3, 0.4) is 0 Å². The lowest BCUT2D eigenvalue weighted by Crippen LogP contribution is -2.45. The van der Waals surface area contributed by atoms with Crippen LogP contribution in [0.2, 0.25) is 0 Å². The minimum Gasteiger partial charge on any atom is -0.497 e. The molecule has 1 heterocycles. The van der Waals surface area contributed by atoms with Gasteiger partial charge in [-0.25, -0.2) is 0 Å². The van der Waals surface area contributed by atoms with Crippen molar-refractivity contribution in [3.8, 4) is 5.75 Å². The fraction of sp³-hybridized carbons (Fsp3) is 0.458. The van der Waals surface area contributed by atoms with Gasteiger partial charge in [-0.3, -0.25) is 4.99 Å². The molecule has 156 valence electrons. The molecule has 1 aliphatic rings. The molecule has 1 saturated heterocycles. The Labute approximate surface area is 175 Å². The molecule has 5 nitrogen and oxygen atoms in total. The van der Waals surface area contributed by atoms with Crippen LogP contribution in [0.15, 0.2) is 59.6 Å². The molecule has 3 rings (SSSR count). The first kappa shape index (κ1) is 21.0. The van der Waals surface area contributed by atoms with Gasteiger partial charge >= 0.3 is 0 Å². The van der Waals surface area contributed by atoms with Crippen molar-refractivity contribution >= 4 is 11.6 Å². The smallest absolute Gasteiger partial charge is 0.191 e. The summed E-state index contributed by atoms with van der Waals surface area (Å²) in [6.45, 7) is 8.39. The highest BCUT2D eigenvalue weighted by Crippen LogP contribution is 2.26. The van der Waals surface area contributed by atoms with E-state index in [-0.39, 0.29) is 5.41 Å². The van der Waals surface area contributed by atoms with Crippen LogP contribution in [-0.2, 0) is 5.41 Å². The topological polar surface area (TPSA) is 48.9 Å². The van der Waals surface area contributed by atoms with Gasteiger partial charge in [0, 0.05) is 50.4 Å². The van der Waals surface area contributed by atoms with E-state index >= 15 is 0 Å². The predicted octanol–water partition coefficient (Wildman–Crippen LogP) is 3.66. The van der Waals surface area contributed by atoms with Crippen molar-refractivity contribution in [3.63, 3.8) is 0 Å². The van der Waals surface area contributed by atoms with Crippen molar-refractivity contribution in [2.75, 3.05) is 45.2 Å². The number of nitrogens with one attached hydrogen (secondary N) is 2. The maximum Gasteiger partial charge on any atom is 0.191 e. The molecule has 5 heteroatoms. The van der Waals surface area contributed by atoms with Crippen molar-refractivity contribution in [3.05, 3.63) is 60.2 Å². The quantitative estimate of drug-likeness (QED) is 0.556. The molecule has 0 radical (unpaired) electrons. The maximum absolute atomic E-state index is 5.36. The van der Waals surface area contributed by atoms with Crippen LogP contribution < -0.4 is 20.3 Å². The summed E-state index contributed by atoms with van der Waals surface area (Å²) in [7, 11) is 3.55. The largest absolute Gasteiger partial charge is 0.497 e. The van der Waals surface area contributed by atoms with E-state index in [9.17, 15) is 0 Å². The number of aliphatic imine (C=N–C) groups is 1. The molecule has 0 spiro atoms. The molecule has 0 bridgehead atoms.